The molecule has 4 rings (SSSR count). The molecule has 1 N–H and O–H groups in total. The van der Waals surface area contributed by atoms with E-state index in [1.54, 1.807) is 44.7 Å². The van der Waals surface area contributed by atoms with E-state index in [9.17, 15) is 4.79 Å². The first-order valence-corrected chi connectivity index (χ1v) is 11.3. The van der Waals surface area contributed by atoms with Crippen LogP contribution in [0.1, 0.15) is 41.7 Å². The van der Waals surface area contributed by atoms with Crippen LogP contribution in [0.5, 0.6) is 17.2 Å². The molecule has 0 saturated heterocycles. The second-order valence-corrected chi connectivity index (χ2v) is 8.21. The molecule has 0 spiro atoms. The van der Waals surface area contributed by atoms with E-state index in [1.807, 2.05) is 12.1 Å². The molecular formula is C25H25ClN4O4. The number of halogens is 1. The number of hydrogen-bond acceptors (Lipinski definition) is 7. The molecule has 1 aromatic heterocycles. The van der Waals surface area contributed by atoms with Crippen LogP contribution in [0.3, 0.4) is 0 Å². The summed E-state index contributed by atoms with van der Waals surface area (Å²) in [5.74, 6) is 1.45. The van der Waals surface area contributed by atoms with Gasteiger partial charge >= 0.3 is 0 Å². The summed E-state index contributed by atoms with van der Waals surface area (Å²) >= 11 is 6.49. The summed E-state index contributed by atoms with van der Waals surface area (Å²) in [6, 6.07) is 10.7. The molecule has 9 heteroatoms. The number of ether oxygens (including phenoxy) is 3. The third kappa shape index (κ3) is 5.82. The Morgan fingerprint density at radius 1 is 1.06 bits per heavy atom. The van der Waals surface area contributed by atoms with Gasteiger partial charge in [0.2, 0.25) is 0 Å². The summed E-state index contributed by atoms with van der Waals surface area (Å²) in [6.07, 6.45) is 9.17. The third-order valence-electron chi connectivity index (χ3n) is 5.44. The van der Waals surface area contributed by atoms with E-state index in [2.05, 4.69) is 20.5 Å². The Labute approximate surface area is 202 Å². The van der Waals surface area contributed by atoms with Crippen LogP contribution in [0.2, 0.25) is 5.02 Å². The van der Waals surface area contributed by atoms with Gasteiger partial charge in [0.1, 0.15) is 22.9 Å². The maximum atomic E-state index is 12.6. The minimum absolute atomic E-state index is 0.111. The van der Waals surface area contributed by atoms with Crippen LogP contribution in [0.4, 0.5) is 0 Å². The Kier molecular flexibility index (Phi) is 7.59. The average molecular weight is 481 g/mol. The average Bonchev–Trinajstić information content (AvgIpc) is 3.37. The molecule has 176 valence electrons. The fourth-order valence-electron chi connectivity index (χ4n) is 3.71. The number of amides is 1. The van der Waals surface area contributed by atoms with Crippen molar-refractivity contribution in [1.29, 1.82) is 0 Å². The molecule has 34 heavy (non-hydrogen) atoms. The lowest BCUT2D eigenvalue weighted by molar-refractivity contribution is 0.0950. The van der Waals surface area contributed by atoms with Crippen molar-refractivity contribution in [3.05, 3.63) is 65.1 Å². The normalized spacial score (nSPS) is 13.7. The second kappa shape index (κ2) is 11.0. The molecule has 0 radical (unpaired) electrons. The lowest BCUT2D eigenvalue weighted by Gasteiger charge is -2.14. The summed E-state index contributed by atoms with van der Waals surface area (Å²) in [5.41, 5.74) is 4.41. The quantitative estimate of drug-likeness (QED) is 0.364. The Morgan fingerprint density at radius 3 is 2.47 bits per heavy atom. The van der Waals surface area contributed by atoms with Gasteiger partial charge in [-0.2, -0.15) is 5.10 Å². The van der Waals surface area contributed by atoms with Gasteiger partial charge in [0.05, 0.1) is 49.6 Å². The Hall–Kier alpha value is -3.65. The predicted octanol–water partition coefficient (Wildman–Crippen LogP) is 4.90. The van der Waals surface area contributed by atoms with E-state index in [1.165, 1.54) is 25.3 Å². The van der Waals surface area contributed by atoms with Gasteiger partial charge < -0.3 is 14.2 Å². The number of nitrogens with one attached hydrogen (secondary N) is 1. The van der Waals surface area contributed by atoms with Gasteiger partial charge in [-0.3, -0.25) is 9.78 Å². The zero-order valence-electron chi connectivity index (χ0n) is 19.0. The van der Waals surface area contributed by atoms with Crippen molar-refractivity contribution >= 4 is 23.7 Å². The number of aromatic nitrogens is 2. The minimum Gasteiger partial charge on any atom is -0.497 e. The summed E-state index contributed by atoms with van der Waals surface area (Å²) in [6.45, 7) is 0. The maximum absolute atomic E-state index is 12.6. The first-order valence-electron chi connectivity index (χ1n) is 10.9. The molecule has 1 heterocycles. The second-order valence-electron chi connectivity index (χ2n) is 7.80. The predicted molar refractivity (Wildman–Crippen MR) is 130 cm³/mol. The summed E-state index contributed by atoms with van der Waals surface area (Å²) in [7, 11) is 3.12. The molecule has 1 saturated carbocycles. The fraction of sp³-hybridized carbons (Fsp3) is 0.280. The zero-order chi connectivity index (χ0) is 23.9. The van der Waals surface area contributed by atoms with Crippen molar-refractivity contribution in [2.75, 3.05) is 14.2 Å². The first-order chi connectivity index (χ1) is 16.6. The van der Waals surface area contributed by atoms with E-state index < -0.39 is 5.91 Å². The zero-order valence-corrected chi connectivity index (χ0v) is 19.7. The number of rotatable bonds is 8. The van der Waals surface area contributed by atoms with E-state index >= 15 is 0 Å². The monoisotopic (exact) mass is 480 g/mol. The summed E-state index contributed by atoms with van der Waals surface area (Å²) in [4.78, 5) is 21.1. The topological polar surface area (TPSA) is 94.9 Å². The van der Waals surface area contributed by atoms with Crippen molar-refractivity contribution in [2.24, 2.45) is 5.10 Å². The number of hydrogen-bond donors (Lipinski definition) is 1. The number of nitrogens with zero attached hydrogens (tertiary/aromatic N) is 3. The molecule has 0 bridgehead atoms. The minimum atomic E-state index is -0.502. The van der Waals surface area contributed by atoms with Crippen LogP contribution in [0.25, 0.3) is 11.3 Å². The third-order valence-corrected chi connectivity index (χ3v) is 5.75. The first kappa shape index (κ1) is 23.5. The fourth-order valence-corrected chi connectivity index (χ4v) is 3.97. The van der Waals surface area contributed by atoms with Gasteiger partial charge in [-0.05, 0) is 56.0 Å². The van der Waals surface area contributed by atoms with E-state index in [0.717, 1.165) is 18.6 Å². The SMILES string of the molecule is COc1cc(/C=N/NC(=O)c2cncc(-c3ccc(OC4CCCC4)cc3Cl)n2)cc(OC)c1. The van der Waals surface area contributed by atoms with Crippen LogP contribution in [0, 0.1) is 0 Å². The number of methoxy groups -OCH3 is 2. The molecular weight excluding hydrogens is 456 g/mol. The summed E-state index contributed by atoms with van der Waals surface area (Å²) in [5, 5.41) is 4.48. The molecule has 2 aromatic carbocycles. The molecule has 1 aliphatic carbocycles. The van der Waals surface area contributed by atoms with Crippen molar-refractivity contribution in [2.45, 2.75) is 31.8 Å². The largest absolute Gasteiger partial charge is 0.497 e. The van der Waals surface area contributed by atoms with Crippen LogP contribution in [0.15, 0.2) is 53.9 Å². The summed E-state index contributed by atoms with van der Waals surface area (Å²) < 4.78 is 16.5. The van der Waals surface area contributed by atoms with Crippen molar-refractivity contribution in [3.63, 3.8) is 0 Å². The standard InChI is InChI=1S/C25H25ClN4O4/c1-32-19-9-16(10-20(11-19)33-2)13-28-30-25(31)24-15-27-14-23(29-24)21-8-7-18(12-22(21)26)34-17-5-3-4-6-17/h7-15,17H,3-6H2,1-2H3,(H,30,31)/b28-13+. The van der Waals surface area contributed by atoms with Gasteiger partial charge in [0.15, 0.2) is 0 Å². The Balaban J connectivity index is 1.45. The van der Waals surface area contributed by atoms with Crippen molar-refractivity contribution in [1.82, 2.24) is 15.4 Å². The Morgan fingerprint density at radius 2 is 1.79 bits per heavy atom. The van der Waals surface area contributed by atoms with Crippen molar-refractivity contribution < 1.29 is 19.0 Å². The number of carbonyl (C=O) groups is 1. The highest BCUT2D eigenvalue weighted by Crippen LogP contribution is 2.32. The highest BCUT2D eigenvalue weighted by Gasteiger charge is 2.17. The van der Waals surface area contributed by atoms with Crippen LogP contribution in [-0.4, -0.2) is 42.4 Å². The molecule has 1 fully saturated rings. The van der Waals surface area contributed by atoms with Crippen LogP contribution in [-0.2, 0) is 0 Å². The van der Waals surface area contributed by atoms with E-state index in [-0.39, 0.29) is 11.8 Å². The highest BCUT2D eigenvalue weighted by molar-refractivity contribution is 6.33. The molecule has 3 aromatic rings. The van der Waals surface area contributed by atoms with Gasteiger partial charge in [-0.15, -0.1) is 0 Å². The van der Waals surface area contributed by atoms with Crippen LogP contribution >= 0.6 is 11.6 Å². The molecule has 1 amide bonds. The molecule has 0 atom stereocenters. The highest BCUT2D eigenvalue weighted by atomic mass is 35.5. The number of hydrazone groups is 1. The van der Waals surface area contributed by atoms with Crippen molar-refractivity contribution in [3.8, 4) is 28.5 Å². The van der Waals surface area contributed by atoms with Gasteiger partial charge in [-0.25, -0.2) is 10.4 Å². The van der Waals surface area contributed by atoms with E-state index in [4.69, 9.17) is 25.8 Å². The molecule has 0 unspecified atom stereocenters. The number of benzene rings is 2. The lowest BCUT2D eigenvalue weighted by Crippen LogP contribution is -2.19. The van der Waals surface area contributed by atoms with Gasteiger partial charge in [0, 0.05) is 17.2 Å². The van der Waals surface area contributed by atoms with Crippen LogP contribution < -0.4 is 19.6 Å². The van der Waals surface area contributed by atoms with Gasteiger partial charge in [-0.1, -0.05) is 11.6 Å². The van der Waals surface area contributed by atoms with Gasteiger partial charge in [0.25, 0.3) is 5.91 Å². The maximum Gasteiger partial charge on any atom is 0.291 e. The molecule has 0 aliphatic heterocycles. The lowest BCUT2D eigenvalue weighted by atomic mass is 10.1. The molecule has 8 nitrogen and oxygen atoms in total. The smallest absolute Gasteiger partial charge is 0.291 e. The number of carbonyl (C=O) groups excluding carboxylic acids is 1. The Bertz CT molecular complexity index is 1170. The van der Waals surface area contributed by atoms with E-state index in [0.29, 0.717) is 33.3 Å². The molecule has 1 aliphatic rings.